The number of ether oxygens (including phenoxy) is 1. The van der Waals surface area contributed by atoms with E-state index in [1.54, 1.807) is 12.4 Å². The number of nitrogens with two attached hydrogens (primary N) is 1. The number of pyridine rings is 1. The Kier molecular flexibility index (Phi) is 3.96. The number of hydrogen-bond acceptors (Lipinski definition) is 3. The molecule has 0 fully saturated rings. The Bertz CT molecular complexity index is 488. The van der Waals surface area contributed by atoms with E-state index in [0.29, 0.717) is 23.9 Å². The molecule has 0 saturated heterocycles. The Morgan fingerprint density at radius 3 is 2.76 bits per heavy atom. The highest BCUT2D eigenvalue weighted by atomic mass is 35.5. The third-order valence-corrected chi connectivity index (χ3v) is 2.64. The lowest BCUT2D eigenvalue weighted by Gasteiger charge is -2.08. The standard InChI is InChI=1S/C13H13ClN2O/c14-12-6-10(7-15)3-4-13(12)17-9-11-2-1-5-16-8-11/h1-6,8H,7,9,15H2. The maximum atomic E-state index is 6.08. The predicted molar refractivity (Wildman–Crippen MR) is 67.9 cm³/mol. The Hall–Kier alpha value is -1.58. The minimum absolute atomic E-state index is 0.454. The Labute approximate surface area is 105 Å². The topological polar surface area (TPSA) is 48.1 Å². The Morgan fingerprint density at radius 1 is 1.24 bits per heavy atom. The molecule has 0 atom stereocenters. The van der Waals surface area contributed by atoms with Crippen LogP contribution in [0.1, 0.15) is 11.1 Å². The smallest absolute Gasteiger partial charge is 0.138 e. The van der Waals surface area contributed by atoms with Crippen molar-refractivity contribution in [2.24, 2.45) is 5.73 Å². The first-order valence-electron chi connectivity index (χ1n) is 5.30. The van der Waals surface area contributed by atoms with Crippen LogP contribution in [-0.4, -0.2) is 4.98 Å². The van der Waals surface area contributed by atoms with Gasteiger partial charge < -0.3 is 10.5 Å². The molecule has 0 unspecified atom stereocenters. The number of benzene rings is 1. The van der Waals surface area contributed by atoms with Crippen LogP contribution in [0, 0.1) is 0 Å². The van der Waals surface area contributed by atoms with E-state index >= 15 is 0 Å². The number of rotatable bonds is 4. The minimum Gasteiger partial charge on any atom is -0.487 e. The fourth-order valence-electron chi connectivity index (χ4n) is 1.43. The van der Waals surface area contributed by atoms with E-state index in [0.717, 1.165) is 11.1 Å². The molecule has 1 aromatic carbocycles. The van der Waals surface area contributed by atoms with E-state index < -0.39 is 0 Å². The zero-order valence-corrected chi connectivity index (χ0v) is 10.0. The Balaban J connectivity index is 2.04. The van der Waals surface area contributed by atoms with Gasteiger partial charge in [0.2, 0.25) is 0 Å². The fourth-order valence-corrected chi connectivity index (χ4v) is 1.69. The molecule has 1 aromatic heterocycles. The maximum Gasteiger partial charge on any atom is 0.138 e. The lowest BCUT2D eigenvalue weighted by atomic mass is 10.2. The first-order chi connectivity index (χ1) is 8.29. The third-order valence-electron chi connectivity index (χ3n) is 2.35. The molecule has 88 valence electrons. The van der Waals surface area contributed by atoms with Crippen molar-refractivity contribution in [3.05, 3.63) is 58.9 Å². The molecular weight excluding hydrogens is 236 g/mol. The van der Waals surface area contributed by atoms with Crippen LogP contribution in [0.25, 0.3) is 0 Å². The van der Waals surface area contributed by atoms with Crippen molar-refractivity contribution >= 4 is 11.6 Å². The lowest BCUT2D eigenvalue weighted by Crippen LogP contribution is -1.99. The molecule has 0 saturated carbocycles. The molecule has 2 rings (SSSR count). The summed E-state index contributed by atoms with van der Waals surface area (Å²) >= 11 is 6.08. The second-order valence-corrected chi connectivity index (χ2v) is 4.03. The van der Waals surface area contributed by atoms with Crippen LogP contribution >= 0.6 is 11.6 Å². The summed E-state index contributed by atoms with van der Waals surface area (Å²) in [6.07, 6.45) is 3.49. The van der Waals surface area contributed by atoms with Gasteiger partial charge in [0.1, 0.15) is 12.4 Å². The highest BCUT2D eigenvalue weighted by Crippen LogP contribution is 2.26. The summed E-state index contributed by atoms with van der Waals surface area (Å²) in [4.78, 5) is 4.02. The van der Waals surface area contributed by atoms with Crippen LogP contribution in [0.3, 0.4) is 0 Å². The van der Waals surface area contributed by atoms with E-state index in [4.69, 9.17) is 22.1 Å². The van der Waals surface area contributed by atoms with Gasteiger partial charge in [-0.3, -0.25) is 4.98 Å². The number of aromatic nitrogens is 1. The van der Waals surface area contributed by atoms with Gasteiger partial charge in [0.15, 0.2) is 0 Å². The van der Waals surface area contributed by atoms with E-state index in [9.17, 15) is 0 Å². The highest BCUT2D eigenvalue weighted by Gasteiger charge is 2.03. The summed E-state index contributed by atoms with van der Waals surface area (Å²) in [6.45, 7) is 0.929. The SMILES string of the molecule is NCc1ccc(OCc2cccnc2)c(Cl)c1. The maximum absolute atomic E-state index is 6.08. The molecule has 17 heavy (non-hydrogen) atoms. The molecule has 0 spiro atoms. The summed E-state index contributed by atoms with van der Waals surface area (Å²) in [7, 11) is 0. The molecule has 0 aliphatic heterocycles. The largest absolute Gasteiger partial charge is 0.487 e. The zero-order chi connectivity index (χ0) is 12.1. The summed E-state index contributed by atoms with van der Waals surface area (Å²) in [5.41, 5.74) is 7.52. The molecule has 2 aromatic rings. The van der Waals surface area contributed by atoms with Crippen molar-refractivity contribution in [2.75, 3.05) is 0 Å². The van der Waals surface area contributed by atoms with Crippen LogP contribution < -0.4 is 10.5 Å². The molecule has 4 heteroatoms. The lowest BCUT2D eigenvalue weighted by molar-refractivity contribution is 0.306. The fraction of sp³-hybridized carbons (Fsp3) is 0.154. The van der Waals surface area contributed by atoms with Gasteiger partial charge in [0.25, 0.3) is 0 Å². The second-order valence-electron chi connectivity index (χ2n) is 3.62. The van der Waals surface area contributed by atoms with E-state index in [1.165, 1.54) is 0 Å². The average Bonchev–Trinajstić information content (AvgIpc) is 2.38. The van der Waals surface area contributed by atoms with Gasteiger partial charge in [-0.25, -0.2) is 0 Å². The van der Waals surface area contributed by atoms with Crippen molar-refractivity contribution in [1.82, 2.24) is 4.98 Å². The van der Waals surface area contributed by atoms with E-state index in [2.05, 4.69) is 4.98 Å². The van der Waals surface area contributed by atoms with Crippen LogP contribution in [-0.2, 0) is 13.2 Å². The molecule has 3 nitrogen and oxygen atoms in total. The van der Waals surface area contributed by atoms with Crippen LogP contribution in [0.2, 0.25) is 5.02 Å². The molecule has 0 aliphatic carbocycles. The van der Waals surface area contributed by atoms with Crippen molar-refractivity contribution in [3.63, 3.8) is 0 Å². The quantitative estimate of drug-likeness (QED) is 0.905. The number of halogens is 1. The minimum atomic E-state index is 0.454. The number of nitrogens with zero attached hydrogens (tertiary/aromatic N) is 1. The summed E-state index contributed by atoms with van der Waals surface area (Å²) < 4.78 is 5.61. The first-order valence-corrected chi connectivity index (χ1v) is 5.67. The van der Waals surface area contributed by atoms with Gasteiger partial charge in [0, 0.05) is 24.5 Å². The number of hydrogen-bond donors (Lipinski definition) is 1. The van der Waals surface area contributed by atoms with E-state index in [-0.39, 0.29) is 0 Å². The molecule has 0 bridgehead atoms. The second kappa shape index (κ2) is 5.66. The third kappa shape index (κ3) is 3.19. The molecule has 1 heterocycles. The average molecular weight is 249 g/mol. The predicted octanol–water partition coefficient (Wildman–Crippen LogP) is 2.77. The van der Waals surface area contributed by atoms with Gasteiger partial charge in [-0.1, -0.05) is 23.7 Å². The molecular formula is C13H13ClN2O. The van der Waals surface area contributed by atoms with Gasteiger partial charge >= 0.3 is 0 Å². The first kappa shape index (κ1) is 11.9. The van der Waals surface area contributed by atoms with Gasteiger partial charge in [-0.15, -0.1) is 0 Å². The monoisotopic (exact) mass is 248 g/mol. The van der Waals surface area contributed by atoms with Crippen LogP contribution in [0.15, 0.2) is 42.7 Å². The van der Waals surface area contributed by atoms with Crippen LogP contribution in [0.5, 0.6) is 5.75 Å². The van der Waals surface area contributed by atoms with Gasteiger partial charge in [-0.2, -0.15) is 0 Å². The van der Waals surface area contributed by atoms with Crippen molar-refractivity contribution < 1.29 is 4.74 Å². The van der Waals surface area contributed by atoms with Gasteiger partial charge in [0.05, 0.1) is 5.02 Å². The Morgan fingerprint density at radius 2 is 2.12 bits per heavy atom. The van der Waals surface area contributed by atoms with E-state index in [1.807, 2.05) is 30.3 Å². The van der Waals surface area contributed by atoms with Crippen LogP contribution in [0.4, 0.5) is 0 Å². The summed E-state index contributed by atoms with van der Waals surface area (Å²) in [6, 6.07) is 9.39. The highest BCUT2D eigenvalue weighted by molar-refractivity contribution is 6.32. The normalized spacial score (nSPS) is 10.2. The van der Waals surface area contributed by atoms with Crippen molar-refractivity contribution in [2.45, 2.75) is 13.2 Å². The van der Waals surface area contributed by atoms with Crippen molar-refractivity contribution in [1.29, 1.82) is 0 Å². The molecule has 0 amide bonds. The molecule has 0 aliphatic rings. The van der Waals surface area contributed by atoms with Gasteiger partial charge in [-0.05, 0) is 23.8 Å². The zero-order valence-electron chi connectivity index (χ0n) is 9.27. The summed E-state index contributed by atoms with van der Waals surface area (Å²) in [5.74, 6) is 0.660. The van der Waals surface area contributed by atoms with Crippen molar-refractivity contribution in [3.8, 4) is 5.75 Å². The molecule has 2 N–H and O–H groups in total. The molecule has 0 radical (unpaired) electrons. The summed E-state index contributed by atoms with van der Waals surface area (Å²) in [5, 5.41) is 0.580.